The number of nitrogens with two attached hydrogens (primary N) is 1. The first-order chi connectivity index (χ1) is 8.81. The molecule has 2 N–H and O–H groups in total. The monoisotopic (exact) mass is 247 g/mol. The lowest BCUT2D eigenvalue weighted by Crippen LogP contribution is -2.17. The Kier molecular flexibility index (Phi) is 3.12. The van der Waals surface area contributed by atoms with Gasteiger partial charge in [0.1, 0.15) is 11.6 Å². The van der Waals surface area contributed by atoms with E-state index in [1.165, 1.54) is 12.8 Å². The van der Waals surface area contributed by atoms with Gasteiger partial charge >= 0.3 is 0 Å². The van der Waals surface area contributed by atoms with Crippen LogP contribution in [0.15, 0.2) is 12.7 Å². The number of imidazole rings is 1. The molecular formula is C14H21N3O. The first-order valence-corrected chi connectivity index (χ1v) is 6.85. The molecule has 1 aliphatic carbocycles. The van der Waals surface area contributed by atoms with Crippen LogP contribution in [-0.2, 0) is 11.3 Å². The average Bonchev–Trinajstić information content (AvgIpc) is 3.19. The molecule has 98 valence electrons. The second-order valence-corrected chi connectivity index (χ2v) is 5.33. The highest BCUT2D eigenvalue weighted by molar-refractivity contribution is 5.42. The second kappa shape index (κ2) is 4.76. The minimum Gasteiger partial charge on any atom is -0.384 e. The molecule has 1 saturated heterocycles. The Balaban J connectivity index is 1.93. The Morgan fingerprint density at radius 3 is 2.83 bits per heavy atom. The molecule has 1 unspecified atom stereocenters. The normalized spacial score (nSPS) is 24.1. The van der Waals surface area contributed by atoms with Crippen LogP contribution < -0.4 is 5.73 Å². The second-order valence-electron chi connectivity index (χ2n) is 5.33. The number of allylic oxidation sites excluding steroid dienone is 1. The maximum absolute atomic E-state index is 6.28. The Labute approximate surface area is 108 Å². The summed E-state index contributed by atoms with van der Waals surface area (Å²) >= 11 is 0. The smallest absolute Gasteiger partial charge is 0.127 e. The number of anilines is 1. The minimum atomic E-state index is 0.377. The fraction of sp³-hybridized carbons (Fsp3) is 0.643. The molecule has 2 fully saturated rings. The summed E-state index contributed by atoms with van der Waals surface area (Å²) in [6, 6.07) is 0. The summed E-state index contributed by atoms with van der Waals surface area (Å²) in [6.45, 7) is 6.21. The minimum absolute atomic E-state index is 0.377. The summed E-state index contributed by atoms with van der Waals surface area (Å²) in [5, 5.41) is 0. The first kappa shape index (κ1) is 11.8. The van der Waals surface area contributed by atoms with Crippen LogP contribution in [0.5, 0.6) is 0 Å². The van der Waals surface area contributed by atoms with E-state index in [1.807, 2.05) is 6.08 Å². The van der Waals surface area contributed by atoms with Gasteiger partial charge in [-0.25, -0.2) is 4.98 Å². The van der Waals surface area contributed by atoms with Crippen LogP contribution in [0.25, 0.3) is 0 Å². The number of hydrogen-bond acceptors (Lipinski definition) is 3. The van der Waals surface area contributed by atoms with Gasteiger partial charge in [0.15, 0.2) is 0 Å². The molecule has 2 aliphatic rings. The SMILES string of the molecule is C=CCn1c(C2CC2)nc(C2CCCOC2)c1N. The van der Waals surface area contributed by atoms with Gasteiger partial charge in [-0.2, -0.15) is 0 Å². The van der Waals surface area contributed by atoms with Crippen molar-refractivity contribution in [1.82, 2.24) is 9.55 Å². The Hall–Kier alpha value is -1.29. The fourth-order valence-corrected chi connectivity index (χ4v) is 2.73. The van der Waals surface area contributed by atoms with Gasteiger partial charge in [-0.15, -0.1) is 6.58 Å². The van der Waals surface area contributed by atoms with E-state index in [1.54, 1.807) is 0 Å². The molecule has 18 heavy (non-hydrogen) atoms. The van der Waals surface area contributed by atoms with Crippen molar-refractivity contribution in [1.29, 1.82) is 0 Å². The van der Waals surface area contributed by atoms with Crippen LogP contribution in [-0.4, -0.2) is 22.8 Å². The van der Waals surface area contributed by atoms with Gasteiger partial charge in [0.05, 0.1) is 12.3 Å². The van der Waals surface area contributed by atoms with E-state index < -0.39 is 0 Å². The summed E-state index contributed by atoms with van der Waals surface area (Å²) in [5.41, 5.74) is 7.34. The third kappa shape index (κ3) is 2.05. The number of nitrogen functional groups attached to an aromatic ring is 1. The summed E-state index contributed by atoms with van der Waals surface area (Å²) in [5.74, 6) is 2.98. The third-order valence-electron chi connectivity index (χ3n) is 3.87. The van der Waals surface area contributed by atoms with Crippen molar-refractivity contribution in [2.45, 2.75) is 44.1 Å². The van der Waals surface area contributed by atoms with Gasteiger partial charge in [0, 0.05) is 25.0 Å². The standard InChI is InChI=1S/C14H21N3O/c1-2-7-17-13(15)12(11-4-3-8-18-9-11)16-14(17)10-5-6-10/h2,10-11H,1,3-9,15H2. The predicted octanol–water partition coefficient (Wildman–Crippen LogP) is 2.42. The fourth-order valence-electron chi connectivity index (χ4n) is 2.73. The van der Waals surface area contributed by atoms with E-state index in [-0.39, 0.29) is 0 Å². The Morgan fingerprint density at radius 2 is 2.22 bits per heavy atom. The van der Waals surface area contributed by atoms with Crippen LogP contribution in [0.2, 0.25) is 0 Å². The number of hydrogen-bond donors (Lipinski definition) is 1. The van der Waals surface area contributed by atoms with Crippen LogP contribution in [0.4, 0.5) is 5.82 Å². The van der Waals surface area contributed by atoms with Crippen molar-refractivity contribution in [3.05, 3.63) is 24.2 Å². The largest absolute Gasteiger partial charge is 0.384 e. The van der Waals surface area contributed by atoms with Crippen molar-refractivity contribution >= 4 is 5.82 Å². The van der Waals surface area contributed by atoms with Crippen LogP contribution in [0, 0.1) is 0 Å². The Bertz CT molecular complexity index is 442. The zero-order valence-electron chi connectivity index (χ0n) is 10.8. The van der Waals surface area contributed by atoms with E-state index in [2.05, 4.69) is 11.1 Å². The van der Waals surface area contributed by atoms with E-state index in [9.17, 15) is 0 Å². The predicted molar refractivity (Wildman–Crippen MR) is 71.6 cm³/mol. The molecular weight excluding hydrogens is 226 g/mol. The van der Waals surface area contributed by atoms with Crippen LogP contribution in [0.3, 0.4) is 0 Å². The molecule has 0 amide bonds. The van der Waals surface area contributed by atoms with E-state index in [0.717, 1.165) is 49.9 Å². The molecule has 0 bridgehead atoms. The van der Waals surface area contributed by atoms with Gasteiger partial charge in [-0.1, -0.05) is 6.08 Å². The summed E-state index contributed by atoms with van der Waals surface area (Å²) < 4.78 is 7.69. The maximum Gasteiger partial charge on any atom is 0.127 e. The molecule has 1 saturated carbocycles. The highest BCUT2D eigenvalue weighted by Gasteiger charge is 2.32. The summed E-state index contributed by atoms with van der Waals surface area (Å²) in [7, 11) is 0. The molecule has 1 aromatic rings. The van der Waals surface area contributed by atoms with E-state index >= 15 is 0 Å². The highest BCUT2D eigenvalue weighted by atomic mass is 16.5. The van der Waals surface area contributed by atoms with Crippen molar-refractivity contribution < 1.29 is 4.74 Å². The van der Waals surface area contributed by atoms with Gasteiger partial charge in [0.2, 0.25) is 0 Å². The van der Waals surface area contributed by atoms with E-state index in [4.69, 9.17) is 15.5 Å². The summed E-state index contributed by atoms with van der Waals surface area (Å²) in [6.07, 6.45) is 6.63. The van der Waals surface area contributed by atoms with Crippen molar-refractivity contribution in [3.63, 3.8) is 0 Å². The zero-order chi connectivity index (χ0) is 12.5. The number of nitrogens with zero attached hydrogens (tertiary/aromatic N) is 2. The van der Waals surface area contributed by atoms with Crippen LogP contribution >= 0.6 is 0 Å². The average molecular weight is 247 g/mol. The van der Waals surface area contributed by atoms with Gasteiger partial charge in [0.25, 0.3) is 0 Å². The van der Waals surface area contributed by atoms with Crippen LogP contribution in [0.1, 0.15) is 49.0 Å². The lowest BCUT2D eigenvalue weighted by Gasteiger charge is -2.20. The maximum atomic E-state index is 6.28. The topological polar surface area (TPSA) is 53.1 Å². The van der Waals surface area contributed by atoms with Gasteiger partial charge < -0.3 is 15.0 Å². The summed E-state index contributed by atoms with van der Waals surface area (Å²) in [4.78, 5) is 4.82. The molecule has 1 atom stereocenters. The molecule has 4 heteroatoms. The molecule has 4 nitrogen and oxygen atoms in total. The molecule has 1 aromatic heterocycles. The molecule has 0 aromatic carbocycles. The number of ether oxygens (including phenoxy) is 1. The lowest BCUT2D eigenvalue weighted by atomic mass is 9.98. The zero-order valence-corrected chi connectivity index (χ0v) is 10.8. The quantitative estimate of drug-likeness (QED) is 0.831. The van der Waals surface area contributed by atoms with Crippen molar-refractivity contribution in [2.75, 3.05) is 18.9 Å². The van der Waals surface area contributed by atoms with Crippen molar-refractivity contribution in [2.24, 2.45) is 0 Å². The molecule has 1 aliphatic heterocycles. The molecule has 2 heterocycles. The number of rotatable bonds is 4. The highest BCUT2D eigenvalue weighted by Crippen LogP contribution is 2.42. The molecule has 3 rings (SSSR count). The molecule has 0 spiro atoms. The van der Waals surface area contributed by atoms with Crippen molar-refractivity contribution in [3.8, 4) is 0 Å². The lowest BCUT2D eigenvalue weighted by molar-refractivity contribution is 0.0796. The first-order valence-electron chi connectivity index (χ1n) is 6.85. The van der Waals surface area contributed by atoms with Gasteiger partial charge in [-0.05, 0) is 25.7 Å². The third-order valence-corrected chi connectivity index (χ3v) is 3.87. The van der Waals surface area contributed by atoms with Gasteiger partial charge in [-0.3, -0.25) is 0 Å². The number of aromatic nitrogens is 2. The molecule has 0 radical (unpaired) electrons. The van der Waals surface area contributed by atoms with E-state index in [0.29, 0.717) is 11.8 Å². The Morgan fingerprint density at radius 1 is 1.39 bits per heavy atom.